The maximum Gasteiger partial charge on any atom is 0.247 e. The lowest BCUT2D eigenvalue weighted by molar-refractivity contribution is -0.127. The van der Waals surface area contributed by atoms with E-state index in [-0.39, 0.29) is 11.9 Å². The summed E-state index contributed by atoms with van der Waals surface area (Å²) < 4.78 is 10.7. The Balaban J connectivity index is 1.60. The lowest BCUT2D eigenvalue weighted by Crippen LogP contribution is -2.32. The van der Waals surface area contributed by atoms with Crippen molar-refractivity contribution in [2.45, 2.75) is 32.4 Å². The van der Waals surface area contributed by atoms with Crippen LogP contribution in [0.15, 0.2) is 48.5 Å². The normalized spacial score (nSPS) is 13.4. The smallest absolute Gasteiger partial charge is 0.247 e. The van der Waals surface area contributed by atoms with Crippen LogP contribution in [0.5, 0.6) is 11.5 Å². The first kappa shape index (κ1) is 22.6. The highest BCUT2D eigenvalue weighted by atomic mass is 16.5. The van der Waals surface area contributed by atoms with Gasteiger partial charge in [0.25, 0.3) is 0 Å². The van der Waals surface area contributed by atoms with Gasteiger partial charge in [0.2, 0.25) is 5.91 Å². The number of carbonyl (C=O) groups excluding carboxylic acids is 1. The third kappa shape index (κ3) is 5.11. The summed E-state index contributed by atoms with van der Waals surface area (Å²) in [6.07, 6.45) is 5.54. The minimum Gasteiger partial charge on any atom is -0.493 e. The molecule has 0 aliphatic heterocycles. The van der Waals surface area contributed by atoms with Gasteiger partial charge < -0.3 is 19.3 Å². The third-order valence-corrected chi connectivity index (χ3v) is 5.89. The molecular weight excluding hydrogens is 414 g/mol. The summed E-state index contributed by atoms with van der Waals surface area (Å²) in [5.41, 5.74) is 4.09. The highest BCUT2D eigenvalue weighted by Crippen LogP contribution is 2.32. The number of methoxy groups -OCH3 is 2. The van der Waals surface area contributed by atoms with E-state index in [4.69, 9.17) is 14.5 Å². The molecule has 0 unspecified atom stereocenters. The monoisotopic (exact) mass is 445 g/mol. The second kappa shape index (κ2) is 9.53. The van der Waals surface area contributed by atoms with E-state index in [0.29, 0.717) is 18.0 Å². The topological polar surface area (TPSA) is 54.9 Å². The summed E-state index contributed by atoms with van der Waals surface area (Å²) >= 11 is 0. The molecule has 172 valence electrons. The molecule has 6 heteroatoms. The SMILES string of the molecule is COc1ccc(/C=C/C(=O)N(Cc2cc3ccc(C)cc3nc2N(C)C)C2CC2)cc1OC. The molecule has 1 fully saturated rings. The molecule has 2 aromatic carbocycles. The fourth-order valence-corrected chi connectivity index (χ4v) is 3.99. The van der Waals surface area contributed by atoms with Gasteiger partial charge in [0.1, 0.15) is 5.82 Å². The quantitative estimate of drug-likeness (QED) is 0.465. The Morgan fingerprint density at radius 1 is 1.06 bits per heavy atom. The highest BCUT2D eigenvalue weighted by Gasteiger charge is 2.32. The van der Waals surface area contributed by atoms with Gasteiger partial charge in [0.15, 0.2) is 11.5 Å². The van der Waals surface area contributed by atoms with Crippen LogP contribution in [0.1, 0.15) is 29.5 Å². The number of hydrogen-bond donors (Lipinski definition) is 0. The number of hydrogen-bond acceptors (Lipinski definition) is 5. The molecule has 0 bridgehead atoms. The van der Waals surface area contributed by atoms with Crippen LogP contribution in [-0.4, -0.2) is 50.1 Å². The molecule has 0 saturated heterocycles. The van der Waals surface area contributed by atoms with Crippen molar-refractivity contribution in [3.63, 3.8) is 0 Å². The van der Waals surface area contributed by atoms with Crippen LogP contribution in [0.25, 0.3) is 17.0 Å². The van der Waals surface area contributed by atoms with Crippen molar-refractivity contribution in [2.75, 3.05) is 33.2 Å². The highest BCUT2D eigenvalue weighted by molar-refractivity contribution is 5.92. The Morgan fingerprint density at radius 3 is 2.48 bits per heavy atom. The third-order valence-electron chi connectivity index (χ3n) is 5.89. The first-order valence-electron chi connectivity index (χ1n) is 11.2. The Morgan fingerprint density at radius 2 is 1.82 bits per heavy atom. The maximum absolute atomic E-state index is 13.2. The zero-order valence-corrected chi connectivity index (χ0v) is 20.0. The fourth-order valence-electron chi connectivity index (χ4n) is 3.99. The number of carbonyl (C=O) groups is 1. The lowest BCUT2D eigenvalue weighted by atomic mass is 10.1. The minimum absolute atomic E-state index is 0.000920. The van der Waals surface area contributed by atoms with E-state index in [0.717, 1.165) is 40.7 Å². The Hall–Kier alpha value is -3.54. The van der Waals surface area contributed by atoms with Crippen molar-refractivity contribution in [1.82, 2.24) is 9.88 Å². The molecule has 0 radical (unpaired) electrons. The van der Waals surface area contributed by atoms with Gasteiger partial charge in [-0.05, 0) is 61.2 Å². The first-order valence-corrected chi connectivity index (χ1v) is 11.2. The maximum atomic E-state index is 13.2. The Kier molecular flexibility index (Phi) is 6.54. The van der Waals surface area contributed by atoms with Gasteiger partial charge in [-0.25, -0.2) is 4.98 Å². The van der Waals surface area contributed by atoms with Crippen LogP contribution in [0.3, 0.4) is 0 Å². The van der Waals surface area contributed by atoms with Crippen LogP contribution in [0.2, 0.25) is 0 Å². The summed E-state index contributed by atoms with van der Waals surface area (Å²) in [6.45, 7) is 2.60. The number of aryl methyl sites for hydroxylation is 1. The van der Waals surface area contributed by atoms with Crippen LogP contribution in [0.4, 0.5) is 5.82 Å². The van der Waals surface area contributed by atoms with E-state index in [1.807, 2.05) is 48.2 Å². The Labute approximate surface area is 195 Å². The molecule has 0 atom stereocenters. The van der Waals surface area contributed by atoms with Gasteiger partial charge in [0.05, 0.1) is 19.7 Å². The molecule has 1 aromatic heterocycles. The van der Waals surface area contributed by atoms with Crippen molar-refractivity contribution >= 4 is 28.7 Å². The average molecular weight is 446 g/mol. The second-order valence-electron chi connectivity index (χ2n) is 8.71. The standard InChI is InChI=1S/C27H31N3O3/c1-18-6-9-20-16-21(27(29(2)3)28-23(20)14-18)17-30(22-10-11-22)26(31)13-8-19-7-12-24(32-4)25(15-19)33-5/h6-9,12-16,22H,10-11,17H2,1-5H3/b13-8+. The molecular formula is C27H31N3O3. The van der Waals surface area contributed by atoms with E-state index in [1.165, 1.54) is 5.56 Å². The van der Waals surface area contributed by atoms with Gasteiger partial charge in [-0.3, -0.25) is 4.79 Å². The van der Waals surface area contributed by atoms with Crippen LogP contribution in [-0.2, 0) is 11.3 Å². The van der Waals surface area contributed by atoms with Crippen molar-refractivity contribution in [3.8, 4) is 11.5 Å². The number of benzene rings is 2. The largest absolute Gasteiger partial charge is 0.493 e. The molecule has 4 rings (SSSR count). The molecule has 0 N–H and O–H groups in total. The summed E-state index contributed by atoms with van der Waals surface area (Å²) in [4.78, 5) is 22.1. The predicted octanol–water partition coefficient (Wildman–Crippen LogP) is 4.83. The zero-order chi connectivity index (χ0) is 23.5. The van der Waals surface area contributed by atoms with Gasteiger partial charge in [-0.2, -0.15) is 0 Å². The van der Waals surface area contributed by atoms with E-state index >= 15 is 0 Å². The molecule has 1 aliphatic carbocycles. The minimum atomic E-state index is 0.000920. The summed E-state index contributed by atoms with van der Waals surface area (Å²) in [6, 6.07) is 14.3. The number of rotatable bonds is 8. The number of pyridine rings is 1. The molecule has 1 aliphatic rings. The predicted molar refractivity (Wildman–Crippen MR) is 133 cm³/mol. The number of amides is 1. The molecule has 6 nitrogen and oxygen atoms in total. The zero-order valence-electron chi connectivity index (χ0n) is 20.0. The summed E-state index contributed by atoms with van der Waals surface area (Å²) in [5.74, 6) is 2.20. The van der Waals surface area contributed by atoms with Crippen molar-refractivity contribution in [2.24, 2.45) is 0 Å². The average Bonchev–Trinajstić information content (AvgIpc) is 3.65. The number of aromatic nitrogens is 1. The van der Waals surface area contributed by atoms with E-state index in [1.54, 1.807) is 20.3 Å². The number of ether oxygens (including phenoxy) is 2. The van der Waals surface area contributed by atoms with Gasteiger partial charge in [-0.15, -0.1) is 0 Å². The number of nitrogens with zero attached hydrogens (tertiary/aromatic N) is 3. The van der Waals surface area contributed by atoms with Crippen LogP contribution >= 0.6 is 0 Å². The molecule has 33 heavy (non-hydrogen) atoms. The van der Waals surface area contributed by atoms with Gasteiger partial charge >= 0.3 is 0 Å². The number of fused-ring (bicyclic) bond motifs is 1. The fraction of sp³-hybridized carbons (Fsp3) is 0.333. The van der Waals surface area contributed by atoms with Crippen LogP contribution in [0, 0.1) is 6.92 Å². The van der Waals surface area contributed by atoms with Gasteiger partial charge in [-0.1, -0.05) is 18.2 Å². The van der Waals surface area contributed by atoms with Crippen molar-refractivity contribution in [1.29, 1.82) is 0 Å². The van der Waals surface area contributed by atoms with E-state index in [9.17, 15) is 4.79 Å². The molecule has 0 spiro atoms. The van der Waals surface area contributed by atoms with Gasteiger partial charge in [0, 0.05) is 43.7 Å². The molecule has 1 heterocycles. The summed E-state index contributed by atoms with van der Waals surface area (Å²) in [5, 5.41) is 1.09. The van der Waals surface area contributed by atoms with E-state index in [2.05, 4.69) is 31.2 Å². The second-order valence-corrected chi connectivity index (χ2v) is 8.71. The first-order chi connectivity index (χ1) is 15.9. The summed E-state index contributed by atoms with van der Waals surface area (Å²) in [7, 11) is 7.20. The van der Waals surface area contributed by atoms with Crippen molar-refractivity contribution in [3.05, 3.63) is 65.2 Å². The molecule has 1 saturated carbocycles. The van der Waals surface area contributed by atoms with Crippen LogP contribution < -0.4 is 14.4 Å². The Bertz CT molecular complexity index is 1200. The van der Waals surface area contributed by atoms with E-state index < -0.39 is 0 Å². The molecule has 1 amide bonds. The number of anilines is 1. The van der Waals surface area contributed by atoms with Crippen molar-refractivity contribution < 1.29 is 14.3 Å². The molecule has 3 aromatic rings. The lowest BCUT2D eigenvalue weighted by Gasteiger charge is -2.24.